The standard InChI is InChI=1S/C19H22ClNO2/c20-16-5-1-4-15(9-16)19(23)12-21-17-8-7-14(10-17)13-3-2-6-18(22)11-13/h1-6,9,11,14,17,19,21-23H,7-8,10,12H2/t14?,17?,19-/m0/s1. The van der Waals surface area contributed by atoms with Crippen molar-refractivity contribution in [1.29, 1.82) is 0 Å². The van der Waals surface area contributed by atoms with Crippen LogP contribution in [0.5, 0.6) is 5.75 Å². The van der Waals surface area contributed by atoms with Gasteiger partial charge in [0.25, 0.3) is 0 Å². The van der Waals surface area contributed by atoms with Crippen molar-refractivity contribution < 1.29 is 10.2 Å². The lowest BCUT2D eigenvalue weighted by molar-refractivity contribution is 0.170. The number of nitrogens with one attached hydrogen (secondary N) is 1. The lowest BCUT2D eigenvalue weighted by atomic mass is 9.97. The number of aliphatic hydroxyl groups excluding tert-OH is 1. The third-order valence-corrected chi connectivity index (χ3v) is 4.84. The van der Waals surface area contributed by atoms with Crippen molar-refractivity contribution in [2.75, 3.05) is 6.54 Å². The molecule has 0 spiro atoms. The third-order valence-electron chi connectivity index (χ3n) is 4.61. The number of phenols is 1. The van der Waals surface area contributed by atoms with E-state index in [1.807, 2.05) is 30.3 Å². The zero-order valence-electron chi connectivity index (χ0n) is 13.0. The number of halogens is 1. The molecule has 2 aromatic rings. The van der Waals surface area contributed by atoms with E-state index in [1.54, 1.807) is 12.1 Å². The van der Waals surface area contributed by atoms with Crippen LogP contribution in [0.15, 0.2) is 48.5 Å². The number of benzene rings is 2. The second kappa shape index (κ2) is 7.35. The predicted molar refractivity (Wildman–Crippen MR) is 92.9 cm³/mol. The summed E-state index contributed by atoms with van der Waals surface area (Å²) in [7, 11) is 0. The minimum atomic E-state index is -0.548. The van der Waals surface area contributed by atoms with Crippen LogP contribution in [0.1, 0.15) is 42.4 Å². The van der Waals surface area contributed by atoms with E-state index in [2.05, 4.69) is 11.4 Å². The summed E-state index contributed by atoms with van der Waals surface area (Å²) >= 11 is 5.96. The van der Waals surface area contributed by atoms with Crippen LogP contribution in [0.2, 0.25) is 5.02 Å². The predicted octanol–water partition coefficient (Wildman–Crippen LogP) is 4.00. The molecule has 0 radical (unpaired) electrons. The van der Waals surface area contributed by atoms with Crippen LogP contribution < -0.4 is 5.32 Å². The molecular formula is C19H22ClNO2. The van der Waals surface area contributed by atoms with Crippen molar-refractivity contribution in [1.82, 2.24) is 5.32 Å². The minimum Gasteiger partial charge on any atom is -0.508 e. The summed E-state index contributed by atoms with van der Waals surface area (Å²) < 4.78 is 0. The number of hydrogen-bond acceptors (Lipinski definition) is 3. The molecule has 1 aliphatic carbocycles. The maximum Gasteiger partial charge on any atom is 0.115 e. The van der Waals surface area contributed by atoms with Gasteiger partial charge in [0.05, 0.1) is 6.10 Å². The first-order valence-electron chi connectivity index (χ1n) is 8.07. The van der Waals surface area contributed by atoms with Crippen LogP contribution in [0.25, 0.3) is 0 Å². The van der Waals surface area contributed by atoms with Crippen molar-refractivity contribution in [3.8, 4) is 5.75 Å². The highest BCUT2D eigenvalue weighted by atomic mass is 35.5. The fourth-order valence-corrected chi connectivity index (χ4v) is 3.56. The largest absolute Gasteiger partial charge is 0.508 e. The quantitative estimate of drug-likeness (QED) is 0.776. The van der Waals surface area contributed by atoms with Gasteiger partial charge in [-0.1, -0.05) is 35.9 Å². The Hall–Kier alpha value is -1.55. The van der Waals surface area contributed by atoms with E-state index in [-0.39, 0.29) is 0 Å². The molecule has 0 aliphatic heterocycles. The first-order chi connectivity index (χ1) is 11.1. The van der Waals surface area contributed by atoms with Crippen LogP contribution in [-0.2, 0) is 0 Å². The lowest BCUT2D eigenvalue weighted by Gasteiger charge is -2.17. The molecule has 4 heteroatoms. The van der Waals surface area contributed by atoms with Crippen molar-refractivity contribution in [2.24, 2.45) is 0 Å². The Morgan fingerprint density at radius 1 is 1.13 bits per heavy atom. The van der Waals surface area contributed by atoms with Gasteiger partial charge in [0.2, 0.25) is 0 Å². The van der Waals surface area contributed by atoms with Crippen LogP contribution >= 0.6 is 11.6 Å². The Morgan fingerprint density at radius 2 is 1.96 bits per heavy atom. The van der Waals surface area contributed by atoms with E-state index < -0.39 is 6.10 Å². The fraction of sp³-hybridized carbons (Fsp3) is 0.368. The van der Waals surface area contributed by atoms with Gasteiger partial charge in [0.1, 0.15) is 5.75 Å². The molecule has 3 atom stereocenters. The third kappa shape index (κ3) is 4.25. The van der Waals surface area contributed by atoms with Gasteiger partial charge in [0.15, 0.2) is 0 Å². The Labute approximate surface area is 141 Å². The Kier molecular flexibility index (Phi) is 5.21. The molecule has 2 aromatic carbocycles. The molecule has 1 saturated carbocycles. The van der Waals surface area contributed by atoms with Gasteiger partial charge < -0.3 is 15.5 Å². The molecule has 0 amide bonds. The van der Waals surface area contributed by atoms with Crippen LogP contribution in [0.4, 0.5) is 0 Å². The van der Waals surface area contributed by atoms with Crippen LogP contribution in [0, 0.1) is 0 Å². The van der Waals surface area contributed by atoms with Gasteiger partial charge in [-0.05, 0) is 60.6 Å². The van der Waals surface area contributed by atoms with E-state index >= 15 is 0 Å². The number of aromatic hydroxyl groups is 1. The first-order valence-corrected chi connectivity index (χ1v) is 8.45. The second-order valence-electron chi connectivity index (χ2n) is 6.28. The summed E-state index contributed by atoms with van der Waals surface area (Å²) in [4.78, 5) is 0. The summed E-state index contributed by atoms with van der Waals surface area (Å²) in [5, 5.41) is 24.0. The fourth-order valence-electron chi connectivity index (χ4n) is 3.36. The lowest BCUT2D eigenvalue weighted by Crippen LogP contribution is -2.30. The molecule has 1 aliphatic rings. The van der Waals surface area contributed by atoms with E-state index in [1.165, 1.54) is 5.56 Å². The molecule has 1 fully saturated rings. The van der Waals surface area contributed by atoms with E-state index in [0.717, 1.165) is 24.8 Å². The van der Waals surface area contributed by atoms with E-state index in [4.69, 9.17) is 11.6 Å². The Bertz CT molecular complexity index is 661. The van der Waals surface area contributed by atoms with Crippen molar-refractivity contribution in [3.63, 3.8) is 0 Å². The molecule has 23 heavy (non-hydrogen) atoms. The maximum absolute atomic E-state index is 10.3. The normalized spacial score (nSPS) is 22.2. The molecule has 0 aromatic heterocycles. The van der Waals surface area contributed by atoms with E-state index in [0.29, 0.717) is 29.3 Å². The Morgan fingerprint density at radius 3 is 2.74 bits per heavy atom. The summed E-state index contributed by atoms with van der Waals surface area (Å²) in [6, 6.07) is 15.3. The molecule has 122 valence electrons. The van der Waals surface area contributed by atoms with Crippen LogP contribution in [-0.4, -0.2) is 22.8 Å². The van der Waals surface area contributed by atoms with Gasteiger partial charge >= 0.3 is 0 Å². The van der Waals surface area contributed by atoms with Gasteiger partial charge in [0, 0.05) is 17.6 Å². The molecule has 0 saturated heterocycles. The number of aliphatic hydroxyl groups is 1. The minimum absolute atomic E-state index is 0.329. The topological polar surface area (TPSA) is 52.5 Å². The summed E-state index contributed by atoms with van der Waals surface area (Å²) in [5.74, 6) is 0.804. The molecule has 3 nitrogen and oxygen atoms in total. The monoisotopic (exact) mass is 331 g/mol. The SMILES string of the molecule is Oc1cccc(C2CCC(NC[C@H](O)c3cccc(Cl)c3)C2)c1. The second-order valence-corrected chi connectivity index (χ2v) is 6.72. The smallest absolute Gasteiger partial charge is 0.115 e. The van der Waals surface area contributed by atoms with Crippen molar-refractivity contribution >= 4 is 11.6 Å². The summed E-state index contributed by atoms with van der Waals surface area (Å²) in [6.07, 6.45) is 2.68. The number of hydrogen-bond donors (Lipinski definition) is 3. The van der Waals surface area contributed by atoms with Gasteiger partial charge in [-0.3, -0.25) is 0 Å². The zero-order chi connectivity index (χ0) is 16.2. The highest BCUT2D eigenvalue weighted by molar-refractivity contribution is 6.30. The average molecular weight is 332 g/mol. The highest BCUT2D eigenvalue weighted by Gasteiger charge is 2.26. The zero-order valence-corrected chi connectivity index (χ0v) is 13.7. The average Bonchev–Trinajstić information content (AvgIpc) is 3.01. The van der Waals surface area contributed by atoms with Crippen molar-refractivity contribution in [3.05, 3.63) is 64.7 Å². The maximum atomic E-state index is 10.3. The van der Waals surface area contributed by atoms with Gasteiger partial charge in [-0.25, -0.2) is 0 Å². The van der Waals surface area contributed by atoms with Crippen molar-refractivity contribution in [2.45, 2.75) is 37.3 Å². The first kappa shape index (κ1) is 16.3. The summed E-state index contributed by atoms with van der Waals surface area (Å²) in [5.41, 5.74) is 2.04. The molecular weight excluding hydrogens is 310 g/mol. The summed E-state index contributed by atoms with van der Waals surface area (Å²) in [6.45, 7) is 0.526. The van der Waals surface area contributed by atoms with Gasteiger partial charge in [-0.2, -0.15) is 0 Å². The molecule has 0 heterocycles. The molecule has 2 unspecified atom stereocenters. The highest BCUT2D eigenvalue weighted by Crippen LogP contribution is 2.35. The van der Waals surface area contributed by atoms with Gasteiger partial charge in [-0.15, -0.1) is 0 Å². The molecule has 3 N–H and O–H groups in total. The van der Waals surface area contributed by atoms with E-state index in [9.17, 15) is 10.2 Å². The Balaban J connectivity index is 1.52. The molecule has 0 bridgehead atoms. The van der Waals surface area contributed by atoms with Crippen LogP contribution in [0.3, 0.4) is 0 Å². The number of phenolic OH excluding ortho intramolecular Hbond substituents is 1. The molecule has 3 rings (SSSR count). The number of rotatable bonds is 5.